The van der Waals surface area contributed by atoms with Crippen molar-refractivity contribution >= 4 is 17.5 Å². The number of amides is 1. The summed E-state index contributed by atoms with van der Waals surface area (Å²) in [7, 11) is 2.22. The van der Waals surface area contributed by atoms with Gasteiger partial charge in [-0.15, -0.1) is 0 Å². The van der Waals surface area contributed by atoms with Crippen LogP contribution in [0.15, 0.2) is 48.5 Å². The smallest absolute Gasteiger partial charge is 0.253 e. The predicted molar refractivity (Wildman–Crippen MR) is 110 cm³/mol. The molecule has 3 aliphatic rings. The summed E-state index contributed by atoms with van der Waals surface area (Å²) in [4.78, 5) is 15.8. The molecule has 1 amide bonds. The van der Waals surface area contributed by atoms with Crippen LogP contribution in [0.1, 0.15) is 53.2 Å². The zero-order valence-electron chi connectivity index (χ0n) is 16.0. The van der Waals surface area contributed by atoms with Crippen LogP contribution in [0.3, 0.4) is 0 Å². The van der Waals surface area contributed by atoms with Gasteiger partial charge in [-0.05, 0) is 62.8 Å². The minimum atomic E-state index is -0.0811. The summed E-state index contributed by atoms with van der Waals surface area (Å²) in [6.07, 6.45) is 4.73. The fourth-order valence-electron chi connectivity index (χ4n) is 5.12. The van der Waals surface area contributed by atoms with E-state index in [2.05, 4.69) is 41.5 Å². The molecule has 1 saturated carbocycles. The zero-order chi connectivity index (χ0) is 19.0. The highest BCUT2D eigenvalue weighted by molar-refractivity contribution is 6.34. The summed E-state index contributed by atoms with van der Waals surface area (Å²) >= 11 is 6.37. The Hall–Kier alpha value is -1.84. The van der Waals surface area contributed by atoms with Crippen molar-refractivity contribution in [2.75, 3.05) is 13.6 Å². The number of nitrogens with one attached hydrogen (secondary N) is 1. The molecule has 2 saturated heterocycles. The van der Waals surface area contributed by atoms with Gasteiger partial charge in [0.2, 0.25) is 0 Å². The molecular weight excluding hydrogens is 356 g/mol. The molecule has 2 aromatic carbocycles. The van der Waals surface area contributed by atoms with E-state index in [9.17, 15) is 4.79 Å². The third kappa shape index (κ3) is 3.28. The van der Waals surface area contributed by atoms with Gasteiger partial charge >= 0.3 is 0 Å². The van der Waals surface area contributed by atoms with Crippen LogP contribution in [0, 0.1) is 12.8 Å². The fraction of sp³-hybridized carbons (Fsp3) is 0.435. The average Bonchev–Trinajstić information content (AvgIpc) is 2.67. The number of nitrogens with zero attached hydrogens (tertiary/aromatic N) is 1. The number of likely N-dealkylation sites (N-methyl/N-ethyl adjacent to an activating group) is 1. The molecule has 1 unspecified atom stereocenters. The van der Waals surface area contributed by atoms with Gasteiger partial charge in [0.05, 0.1) is 16.6 Å². The summed E-state index contributed by atoms with van der Waals surface area (Å²) in [5.41, 5.74) is 2.64. The number of piperidine rings is 2. The van der Waals surface area contributed by atoms with Crippen LogP contribution in [0.4, 0.5) is 0 Å². The van der Waals surface area contributed by atoms with Crippen LogP contribution in [0.5, 0.6) is 0 Å². The van der Waals surface area contributed by atoms with Gasteiger partial charge in [-0.3, -0.25) is 9.69 Å². The minimum Gasteiger partial charge on any atom is -0.343 e. The molecule has 3 fully saturated rings. The Morgan fingerprint density at radius 2 is 1.85 bits per heavy atom. The molecular formula is C23H27ClN2O. The molecule has 4 heteroatoms. The van der Waals surface area contributed by atoms with E-state index in [0.717, 1.165) is 30.9 Å². The second kappa shape index (κ2) is 7.29. The normalized spacial score (nSPS) is 26.0. The number of fused-ring (bicyclic) bond motifs is 3. The van der Waals surface area contributed by atoms with E-state index in [1.807, 2.05) is 25.1 Å². The largest absolute Gasteiger partial charge is 0.343 e. The third-order valence-corrected chi connectivity index (χ3v) is 6.97. The Morgan fingerprint density at radius 1 is 1.15 bits per heavy atom. The molecule has 2 heterocycles. The topological polar surface area (TPSA) is 32.3 Å². The molecule has 0 spiro atoms. The van der Waals surface area contributed by atoms with Crippen LogP contribution < -0.4 is 5.32 Å². The summed E-state index contributed by atoms with van der Waals surface area (Å²) in [5.74, 6) is 0.720. The van der Waals surface area contributed by atoms with Crippen molar-refractivity contribution in [1.29, 1.82) is 0 Å². The summed E-state index contributed by atoms with van der Waals surface area (Å²) in [6.45, 7) is 3.05. The van der Waals surface area contributed by atoms with E-state index >= 15 is 0 Å². The molecule has 5 rings (SSSR count). The van der Waals surface area contributed by atoms with Crippen molar-refractivity contribution in [1.82, 2.24) is 10.2 Å². The molecule has 1 N–H and O–H groups in total. The number of carbonyl (C=O) groups excluding carboxylic acids is 1. The highest BCUT2D eigenvalue weighted by Gasteiger charge is 2.50. The van der Waals surface area contributed by atoms with Gasteiger partial charge in [-0.2, -0.15) is 0 Å². The Bertz CT molecular complexity index is 807. The van der Waals surface area contributed by atoms with Crippen LogP contribution in [-0.2, 0) is 0 Å². The van der Waals surface area contributed by atoms with Gasteiger partial charge in [-0.1, -0.05) is 54.1 Å². The summed E-state index contributed by atoms with van der Waals surface area (Å²) in [6, 6.07) is 16.0. The molecule has 2 aromatic rings. The molecule has 1 atom stereocenters. The number of rotatable bonds is 4. The second-order valence-electron chi connectivity index (χ2n) is 8.18. The van der Waals surface area contributed by atoms with Gasteiger partial charge in [-0.25, -0.2) is 0 Å². The lowest BCUT2D eigenvalue weighted by atomic mass is 9.65. The number of halogens is 1. The fourth-order valence-corrected chi connectivity index (χ4v) is 5.42. The maximum absolute atomic E-state index is 13.3. The third-order valence-electron chi connectivity index (χ3n) is 6.66. The molecule has 142 valence electrons. The highest BCUT2D eigenvalue weighted by Crippen LogP contribution is 2.49. The molecule has 0 aromatic heterocycles. The zero-order valence-corrected chi connectivity index (χ0v) is 16.8. The maximum Gasteiger partial charge on any atom is 0.253 e. The number of hydrogen-bond acceptors (Lipinski definition) is 2. The lowest BCUT2D eigenvalue weighted by Crippen LogP contribution is -2.62. The minimum absolute atomic E-state index is 0.0269. The van der Waals surface area contributed by atoms with Crippen molar-refractivity contribution in [3.63, 3.8) is 0 Å². The Labute approximate surface area is 166 Å². The molecule has 27 heavy (non-hydrogen) atoms. The van der Waals surface area contributed by atoms with Gasteiger partial charge in [0.1, 0.15) is 0 Å². The monoisotopic (exact) mass is 382 g/mol. The molecule has 1 aliphatic carbocycles. The van der Waals surface area contributed by atoms with Gasteiger partial charge in [0.25, 0.3) is 5.91 Å². The Balaban J connectivity index is 1.72. The van der Waals surface area contributed by atoms with Gasteiger partial charge < -0.3 is 5.32 Å². The van der Waals surface area contributed by atoms with E-state index in [-0.39, 0.29) is 17.5 Å². The van der Waals surface area contributed by atoms with Crippen molar-refractivity contribution in [2.24, 2.45) is 5.92 Å². The van der Waals surface area contributed by atoms with E-state index in [1.165, 1.54) is 18.4 Å². The van der Waals surface area contributed by atoms with Crippen molar-refractivity contribution in [3.05, 3.63) is 70.2 Å². The number of hydrogen-bond donors (Lipinski definition) is 1. The Morgan fingerprint density at radius 3 is 2.48 bits per heavy atom. The summed E-state index contributed by atoms with van der Waals surface area (Å²) in [5, 5.41) is 3.89. The van der Waals surface area contributed by atoms with Crippen LogP contribution in [-0.4, -0.2) is 29.9 Å². The summed E-state index contributed by atoms with van der Waals surface area (Å²) < 4.78 is 0. The molecule has 2 bridgehead atoms. The second-order valence-corrected chi connectivity index (χ2v) is 8.58. The van der Waals surface area contributed by atoms with E-state index in [4.69, 9.17) is 11.6 Å². The van der Waals surface area contributed by atoms with Gasteiger partial charge in [0, 0.05) is 12.1 Å². The first-order valence-corrected chi connectivity index (χ1v) is 10.2. The maximum atomic E-state index is 13.3. The lowest BCUT2D eigenvalue weighted by Gasteiger charge is -2.57. The standard InChI is InChI=1S/C23H27ClN2O/c1-16-7-6-10-19(24)20(16)22(27)25-21(18-8-4-3-5-9-18)23-13-11-17(12-14-23)15-26(23)2/h3-10,17,21H,11-15H2,1-2H3,(H,25,27). The lowest BCUT2D eigenvalue weighted by molar-refractivity contribution is -0.0404. The number of carbonyl (C=O) groups is 1. The van der Waals surface area contributed by atoms with Crippen LogP contribution in [0.2, 0.25) is 5.02 Å². The highest BCUT2D eigenvalue weighted by atomic mass is 35.5. The quantitative estimate of drug-likeness (QED) is 0.807. The van der Waals surface area contributed by atoms with Crippen molar-refractivity contribution < 1.29 is 4.79 Å². The van der Waals surface area contributed by atoms with Crippen molar-refractivity contribution in [3.8, 4) is 0 Å². The predicted octanol–water partition coefficient (Wildman–Crippen LogP) is 4.99. The molecule has 0 radical (unpaired) electrons. The number of aryl methyl sites for hydroxylation is 1. The first kappa shape index (κ1) is 18.5. The van der Waals surface area contributed by atoms with Gasteiger partial charge in [0.15, 0.2) is 0 Å². The SMILES string of the molecule is Cc1cccc(Cl)c1C(=O)NC(c1ccccc1)C12CCC(CC1)CN2C. The number of benzene rings is 2. The van der Waals surface area contributed by atoms with Crippen LogP contribution >= 0.6 is 11.6 Å². The molecule has 3 nitrogen and oxygen atoms in total. The van der Waals surface area contributed by atoms with Crippen molar-refractivity contribution in [2.45, 2.75) is 44.2 Å². The van der Waals surface area contributed by atoms with Crippen LogP contribution in [0.25, 0.3) is 0 Å². The molecule has 2 aliphatic heterocycles. The average molecular weight is 383 g/mol. The van der Waals surface area contributed by atoms with E-state index in [1.54, 1.807) is 6.07 Å². The first-order chi connectivity index (χ1) is 13.0. The van der Waals surface area contributed by atoms with E-state index in [0.29, 0.717) is 10.6 Å². The van der Waals surface area contributed by atoms with E-state index < -0.39 is 0 Å². The first-order valence-electron chi connectivity index (χ1n) is 9.83. The Kier molecular flexibility index (Phi) is 5.00.